The number of carbonyl (C=O) groups excluding carboxylic acids is 8. The van der Waals surface area contributed by atoms with Crippen LogP contribution in [-0.2, 0) is 73.7 Å². The minimum atomic E-state index is -2.21. The molecule has 40 nitrogen and oxygen atoms in total. The molecule has 2 aliphatic rings. The van der Waals surface area contributed by atoms with Crippen LogP contribution in [-0.4, -0.2) is 278 Å². The van der Waals surface area contributed by atoms with Crippen LogP contribution in [0.4, 0.5) is 10.6 Å². The molecule has 4 aromatic heterocycles. The fraction of sp³-hybridized carbons (Fsp3) is 0.500. The molecule has 0 aliphatic carbocycles. The third-order valence-electron chi connectivity index (χ3n) is 20.1. The van der Waals surface area contributed by atoms with E-state index in [4.69, 9.17) is 57.3 Å². The van der Waals surface area contributed by atoms with Crippen LogP contribution >= 0.6 is 22.7 Å². The quantitative estimate of drug-likeness (QED) is 0.0174. The zero-order valence-electron chi connectivity index (χ0n) is 66.5. The number of thiazole rings is 2. The van der Waals surface area contributed by atoms with Crippen molar-refractivity contribution in [2.45, 2.75) is 189 Å². The number of H-pyrrole nitrogens is 1. The number of aliphatic hydroxyl groups is 8. The number of nitrogens with zero attached hydrogens (tertiary/aromatic N) is 7. The Bertz CT molecular complexity index is 4410. The van der Waals surface area contributed by atoms with Gasteiger partial charge in [0, 0.05) is 75.0 Å². The molecule has 2 fully saturated rings. The lowest BCUT2D eigenvalue weighted by atomic mass is 9.96. The highest BCUT2D eigenvalue weighted by molar-refractivity contribution is 7.14. The van der Waals surface area contributed by atoms with Crippen molar-refractivity contribution in [3.63, 3.8) is 0 Å². The van der Waals surface area contributed by atoms with Gasteiger partial charge >= 0.3 is 6.09 Å². The van der Waals surface area contributed by atoms with Gasteiger partial charge in [0.15, 0.2) is 18.7 Å². The van der Waals surface area contributed by atoms with Crippen molar-refractivity contribution in [2.24, 2.45) is 28.9 Å². The Hall–Kier alpha value is -10.1. The van der Waals surface area contributed by atoms with Crippen LogP contribution in [0.3, 0.4) is 0 Å². The Kier molecular flexibility index (Phi) is 35.6. The van der Waals surface area contributed by atoms with Gasteiger partial charge in [0.1, 0.15) is 94.6 Å². The summed E-state index contributed by atoms with van der Waals surface area (Å²) >= 11 is 2.53. The molecule has 3 aromatic carbocycles. The van der Waals surface area contributed by atoms with Crippen LogP contribution in [0.15, 0.2) is 114 Å². The van der Waals surface area contributed by atoms with Gasteiger partial charge < -0.3 is 130 Å². The second-order valence-electron chi connectivity index (χ2n) is 29.3. The lowest BCUT2D eigenvalue weighted by Gasteiger charge is -2.47. The summed E-state index contributed by atoms with van der Waals surface area (Å²) in [5, 5.41) is 109. The predicted octanol–water partition coefficient (Wildman–Crippen LogP) is -2.60. The van der Waals surface area contributed by atoms with Crippen molar-refractivity contribution < 1.29 is 103 Å². The summed E-state index contributed by atoms with van der Waals surface area (Å²) in [5.41, 5.74) is 31.9. The van der Waals surface area contributed by atoms with Gasteiger partial charge in [-0.05, 0) is 69.8 Å². The zero-order chi connectivity index (χ0) is 86.9. The summed E-state index contributed by atoms with van der Waals surface area (Å²) in [7, 11) is 0. The molecule has 2 aliphatic heterocycles. The molecule has 25 N–H and O–H groups in total. The third kappa shape index (κ3) is 26.5. The van der Waals surface area contributed by atoms with E-state index in [1.165, 1.54) is 67.1 Å². The van der Waals surface area contributed by atoms with E-state index in [0.717, 1.165) is 64.6 Å². The van der Waals surface area contributed by atoms with Gasteiger partial charge in [-0.2, -0.15) is 0 Å². The van der Waals surface area contributed by atoms with Gasteiger partial charge in [-0.25, -0.2) is 29.7 Å². The summed E-state index contributed by atoms with van der Waals surface area (Å²) in [4.78, 5) is 138. The van der Waals surface area contributed by atoms with Crippen LogP contribution < -0.4 is 60.6 Å². The predicted molar refractivity (Wildman–Crippen MR) is 433 cm³/mol. The second kappa shape index (κ2) is 45.5. The van der Waals surface area contributed by atoms with Gasteiger partial charge in [-0.3, -0.25) is 43.4 Å². The molecule has 0 radical (unpaired) electrons. The molecule has 7 aromatic rings. The second-order valence-corrected chi connectivity index (χ2v) is 31.1. The van der Waals surface area contributed by atoms with E-state index < -0.39 is 183 Å². The van der Waals surface area contributed by atoms with Gasteiger partial charge in [0.2, 0.25) is 29.5 Å². The van der Waals surface area contributed by atoms with Crippen molar-refractivity contribution in [1.29, 1.82) is 0 Å². The average molecular weight is 1710 g/mol. The number of primary amides is 3. The number of aromatic nitrogens is 6. The topological polar surface area (TPSA) is 634 Å². The van der Waals surface area contributed by atoms with E-state index in [2.05, 4.69) is 127 Å². The van der Waals surface area contributed by atoms with E-state index in [-0.39, 0.29) is 54.0 Å². The number of hydrogen-bond donors (Lipinski definition) is 20. The number of anilines is 1. The number of nitrogens with one attached hydrogen (secondary N) is 7. The number of benzene rings is 3. The van der Waals surface area contributed by atoms with Gasteiger partial charge in [0.25, 0.3) is 11.8 Å². The van der Waals surface area contributed by atoms with E-state index in [1.54, 1.807) is 10.8 Å². The molecule has 0 unspecified atom stereocenters. The zero-order valence-corrected chi connectivity index (χ0v) is 68.1. The lowest BCUT2D eigenvalue weighted by Crippen LogP contribution is -2.65. The number of nitrogens with two attached hydrogens (primary N) is 5. The number of aromatic amines is 1. The van der Waals surface area contributed by atoms with Crippen molar-refractivity contribution in [3.05, 3.63) is 164 Å². The molecular weight excluding hydrogens is 1600 g/mol. The number of ether oxygens (including phenoxy) is 5. The fourth-order valence-corrected chi connectivity index (χ4v) is 15.0. The summed E-state index contributed by atoms with van der Waals surface area (Å²) in [6, 6.07) is 23.4. The highest BCUT2D eigenvalue weighted by atomic mass is 32.1. The summed E-state index contributed by atoms with van der Waals surface area (Å²) in [5.74, 6) is -8.76. The molecule has 0 bridgehead atoms. The number of hydrogen-bond acceptors (Lipinski definition) is 33. The molecule has 0 spiro atoms. The first kappa shape index (κ1) is 93.8. The minimum Gasteiger partial charge on any atom is -0.441 e. The monoisotopic (exact) mass is 1710 g/mol. The molecule has 652 valence electrons. The van der Waals surface area contributed by atoms with Crippen LogP contribution in [0, 0.1) is 12.8 Å². The molecular formula is C78H107N19O21S2. The van der Waals surface area contributed by atoms with Crippen LogP contribution in [0.2, 0.25) is 0 Å². The minimum absolute atomic E-state index is 0.0249. The van der Waals surface area contributed by atoms with Crippen molar-refractivity contribution >= 4 is 75.9 Å². The maximum Gasteiger partial charge on any atom is 0.404 e. The summed E-state index contributed by atoms with van der Waals surface area (Å²) in [6.45, 7) is 8.14. The first-order chi connectivity index (χ1) is 57.4. The number of carbonyl (C=O) groups is 8. The molecule has 6 heterocycles. The maximum absolute atomic E-state index is 15.3. The van der Waals surface area contributed by atoms with E-state index in [9.17, 15) is 69.6 Å². The number of imidazole rings is 1. The maximum atomic E-state index is 15.3. The molecule has 9 rings (SSSR count). The van der Waals surface area contributed by atoms with Crippen molar-refractivity contribution in [1.82, 2.24) is 71.6 Å². The van der Waals surface area contributed by atoms with E-state index in [0.29, 0.717) is 28.7 Å². The highest BCUT2D eigenvalue weighted by Crippen LogP contribution is 2.35. The number of rotatable bonds is 46. The highest BCUT2D eigenvalue weighted by Gasteiger charge is 2.54. The SMILES string of the molecule is Cc1c(N)nc([C@H](CC(N)=O)NC[C@H](N)C(N)=O)nc1C(=O)N[C@H](C(=O)N[C@H](C)[C@@H](O)[C@H](C)C(=O)N[C@H](C(=O)NCCc1nc(-c2nc(C(=O)NCCCN(CCCCN(Cc3ccccc3)Cc3ccccc3)Cc3ccccc3)cs2)cs1)[C@@H](C)O)[C@@H](O[C@@H]1O[C@@H](CO)[C@@H](O)[C@H](O)[C@@H]1O[C@H]1O[C@H](CO)[C@@H](O)[C@H](OC(N)=O)[C@@H]1O)c1cnc[nH]1. The van der Waals surface area contributed by atoms with Gasteiger partial charge in [0.05, 0.1) is 72.7 Å². The summed E-state index contributed by atoms with van der Waals surface area (Å²) in [6.07, 6.45) is -22.5. The van der Waals surface area contributed by atoms with Crippen LogP contribution in [0.5, 0.6) is 0 Å². The summed E-state index contributed by atoms with van der Waals surface area (Å²) < 4.78 is 28.9. The van der Waals surface area contributed by atoms with Gasteiger partial charge in [-0.15, -0.1) is 22.7 Å². The molecule has 2 saturated heterocycles. The van der Waals surface area contributed by atoms with Gasteiger partial charge in [-0.1, -0.05) is 97.9 Å². The van der Waals surface area contributed by atoms with E-state index in [1.807, 2.05) is 30.3 Å². The Morgan fingerprint density at radius 3 is 1.85 bits per heavy atom. The van der Waals surface area contributed by atoms with Crippen molar-refractivity contribution in [2.75, 3.05) is 58.2 Å². The Balaban J connectivity index is 0.835. The van der Waals surface area contributed by atoms with Crippen molar-refractivity contribution in [3.8, 4) is 10.7 Å². The standard InChI is InChI=1S/C78H107N19O21S2/c1-40-56(92-69(95-67(40)81)48(29-54(80)101)87-30-47(79)68(82)107)73(111)94-58(64(49-31-84-39-88-49)116-77-66(62(105)60(103)52(35-98)115-77)117-76-63(106)65(118-78(83)113)61(104)53(36-99)114-76)74(112)89-42(3)59(102)41(2)70(108)93-57(43(4)100)72(110)86-25-23-55-90-51(38-119-55)75-91-50(37-120-75)71(109)85-24-16-28-96(32-44-17-8-5-9-18-44)26-14-15-27-97(33-45-19-10-6-11-20-45)34-46-21-12-7-13-22-46/h5-13,17-22,31,37-39,41-43,47-48,52-53,57-66,76-77,87,98-100,102-106H,14-16,23-30,32-36,79H2,1-4H3,(H2,80,101)(H2,82,107)(H2,83,113)(H,84,88)(H,85,109)(H,86,110)(H,89,112)(H,93,108)(H,94,111)(H2,81,92,95)/t41-,42+,43+,47-,48-,52-,53+,57-,58-,59-,60+,61+,62-,63-,64-,65-,66-,76+,77-/m0/s1. The third-order valence-corrected chi connectivity index (χ3v) is 21.9. The number of unbranched alkanes of at least 4 members (excludes halogenated alkanes) is 1. The number of amides is 8. The molecule has 0 saturated carbocycles. The first-order valence-electron chi connectivity index (χ1n) is 38.9. The van der Waals surface area contributed by atoms with Crippen LogP contribution in [0.1, 0.15) is 118 Å². The molecule has 120 heavy (non-hydrogen) atoms. The first-order valence-corrected chi connectivity index (χ1v) is 40.7. The number of nitrogen functional groups attached to an aromatic ring is 1. The average Bonchev–Trinajstić information content (AvgIpc) is 0.789. The van der Waals surface area contributed by atoms with Crippen LogP contribution in [0.25, 0.3) is 10.7 Å². The lowest BCUT2D eigenvalue weighted by molar-refractivity contribution is -0.372. The number of aliphatic hydroxyl groups excluding tert-OH is 8. The Labute approximate surface area is 698 Å². The van der Waals surface area contributed by atoms with E-state index >= 15 is 9.59 Å². The molecule has 42 heteroatoms. The largest absolute Gasteiger partial charge is 0.441 e. The molecule has 19 atom stereocenters. The Morgan fingerprint density at radius 2 is 1.26 bits per heavy atom. The Morgan fingerprint density at radius 1 is 0.650 bits per heavy atom. The smallest absolute Gasteiger partial charge is 0.404 e. The molecule has 8 amide bonds. The fourth-order valence-electron chi connectivity index (χ4n) is 13.4. The normalized spacial score (nSPS) is 21.5.